The SMILES string of the molecule is C[C@@H](NC(=O)c1cc2c(s1)CCC2)[C@H]1CCCO1. The molecule has 2 heterocycles. The summed E-state index contributed by atoms with van der Waals surface area (Å²) in [5.41, 5.74) is 1.38. The Morgan fingerprint density at radius 1 is 1.50 bits per heavy atom. The third kappa shape index (κ3) is 2.31. The van der Waals surface area contributed by atoms with Gasteiger partial charge in [0.15, 0.2) is 0 Å². The van der Waals surface area contributed by atoms with Crippen molar-refractivity contribution in [3.05, 3.63) is 21.4 Å². The van der Waals surface area contributed by atoms with E-state index in [0.29, 0.717) is 0 Å². The highest BCUT2D eigenvalue weighted by atomic mass is 32.1. The van der Waals surface area contributed by atoms with Gasteiger partial charge in [0.1, 0.15) is 0 Å². The second-order valence-electron chi connectivity index (χ2n) is 5.23. The van der Waals surface area contributed by atoms with Crippen molar-refractivity contribution in [1.29, 1.82) is 0 Å². The predicted molar refractivity (Wildman–Crippen MR) is 72.2 cm³/mol. The normalized spacial score (nSPS) is 23.9. The first kappa shape index (κ1) is 12.2. The maximum Gasteiger partial charge on any atom is 0.261 e. The second kappa shape index (κ2) is 5.02. The monoisotopic (exact) mass is 265 g/mol. The van der Waals surface area contributed by atoms with E-state index in [1.165, 1.54) is 16.9 Å². The van der Waals surface area contributed by atoms with Gasteiger partial charge in [-0.25, -0.2) is 0 Å². The summed E-state index contributed by atoms with van der Waals surface area (Å²) < 4.78 is 5.60. The smallest absolute Gasteiger partial charge is 0.261 e. The van der Waals surface area contributed by atoms with Crippen molar-refractivity contribution < 1.29 is 9.53 Å². The van der Waals surface area contributed by atoms with E-state index in [2.05, 4.69) is 11.4 Å². The summed E-state index contributed by atoms with van der Waals surface area (Å²) in [4.78, 5) is 14.4. The zero-order chi connectivity index (χ0) is 12.5. The van der Waals surface area contributed by atoms with Gasteiger partial charge in [-0.05, 0) is 50.7 Å². The number of nitrogens with one attached hydrogen (secondary N) is 1. The first-order valence-electron chi connectivity index (χ1n) is 6.78. The Balaban J connectivity index is 1.63. The van der Waals surface area contributed by atoms with Crippen LogP contribution in [0.2, 0.25) is 0 Å². The van der Waals surface area contributed by atoms with Crippen LogP contribution >= 0.6 is 11.3 Å². The van der Waals surface area contributed by atoms with Crippen LogP contribution in [-0.4, -0.2) is 24.7 Å². The van der Waals surface area contributed by atoms with Crippen molar-refractivity contribution in [2.24, 2.45) is 0 Å². The fourth-order valence-electron chi connectivity index (χ4n) is 2.81. The first-order chi connectivity index (χ1) is 8.74. The number of fused-ring (bicyclic) bond motifs is 1. The van der Waals surface area contributed by atoms with E-state index in [4.69, 9.17) is 4.74 Å². The third-order valence-corrected chi connectivity index (χ3v) is 5.09. The molecule has 3 nitrogen and oxygen atoms in total. The predicted octanol–water partition coefficient (Wildman–Crippen LogP) is 2.53. The molecule has 0 spiro atoms. The van der Waals surface area contributed by atoms with Crippen LogP contribution in [0, 0.1) is 0 Å². The quantitative estimate of drug-likeness (QED) is 0.912. The summed E-state index contributed by atoms with van der Waals surface area (Å²) in [6, 6.07) is 2.18. The lowest BCUT2D eigenvalue weighted by Gasteiger charge is -2.19. The van der Waals surface area contributed by atoms with Gasteiger partial charge >= 0.3 is 0 Å². The van der Waals surface area contributed by atoms with E-state index in [-0.39, 0.29) is 18.1 Å². The lowest BCUT2D eigenvalue weighted by molar-refractivity contribution is 0.0714. The van der Waals surface area contributed by atoms with Crippen molar-refractivity contribution in [2.45, 2.75) is 51.2 Å². The number of amides is 1. The van der Waals surface area contributed by atoms with Gasteiger partial charge < -0.3 is 10.1 Å². The fourth-order valence-corrected chi connectivity index (χ4v) is 3.97. The molecule has 1 aliphatic carbocycles. The maximum absolute atomic E-state index is 12.2. The Kier molecular flexibility index (Phi) is 3.39. The van der Waals surface area contributed by atoms with Crippen molar-refractivity contribution in [2.75, 3.05) is 6.61 Å². The first-order valence-corrected chi connectivity index (χ1v) is 7.60. The summed E-state index contributed by atoms with van der Waals surface area (Å²) in [5.74, 6) is 0.0670. The zero-order valence-electron chi connectivity index (χ0n) is 10.7. The van der Waals surface area contributed by atoms with Gasteiger partial charge in [0.2, 0.25) is 0 Å². The number of carbonyl (C=O) groups is 1. The molecule has 0 unspecified atom stereocenters. The van der Waals surface area contributed by atoms with Crippen LogP contribution in [0.4, 0.5) is 0 Å². The molecule has 98 valence electrons. The van der Waals surface area contributed by atoms with Crippen molar-refractivity contribution >= 4 is 17.2 Å². The van der Waals surface area contributed by atoms with E-state index >= 15 is 0 Å². The Morgan fingerprint density at radius 2 is 2.39 bits per heavy atom. The highest BCUT2D eigenvalue weighted by molar-refractivity contribution is 7.14. The maximum atomic E-state index is 12.2. The summed E-state index contributed by atoms with van der Waals surface area (Å²) in [7, 11) is 0. The molecular weight excluding hydrogens is 246 g/mol. The Morgan fingerprint density at radius 3 is 3.11 bits per heavy atom. The van der Waals surface area contributed by atoms with Gasteiger partial charge in [-0.15, -0.1) is 11.3 Å². The molecule has 0 aromatic carbocycles. The standard InChI is InChI=1S/C14H19NO2S/c1-9(11-5-3-7-17-11)15-14(16)13-8-10-4-2-6-12(10)18-13/h8-9,11H,2-7H2,1H3,(H,15,16)/t9-,11-/m1/s1. The molecule has 2 atom stereocenters. The van der Waals surface area contributed by atoms with Crippen LogP contribution in [0.3, 0.4) is 0 Å². The number of aryl methyl sites for hydroxylation is 2. The van der Waals surface area contributed by atoms with E-state index in [1.54, 1.807) is 11.3 Å². The minimum atomic E-state index is 0.0670. The molecule has 1 aliphatic heterocycles. The van der Waals surface area contributed by atoms with Crippen LogP contribution in [0.15, 0.2) is 6.07 Å². The molecule has 1 amide bonds. The summed E-state index contributed by atoms with van der Waals surface area (Å²) in [6.45, 7) is 2.87. The molecule has 1 aromatic heterocycles. The largest absolute Gasteiger partial charge is 0.376 e. The van der Waals surface area contributed by atoms with Gasteiger partial charge in [0.05, 0.1) is 17.0 Å². The number of carbonyl (C=O) groups excluding carboxylic acids is 1. The zero-order valence-corrected chi connectivity index (χ0v) is 11.5. The summed E-state index contributed by atoms with van der Waals surface area (Å²) in [6.07, 6.45) is 5.89. The topological polar surface area (TPSA) is 38.3 Å². The molecule has 3 rings (SSSR count). The molecule has 1 fully saturated rings. The Hall–Kier alpha value is -0.870. The third-order valence-electron chi connectivity index (χ3n) is 3.85. The van der Waals surface area contributed by atoms with Gasteiger partial charge in [-0.2, -0.15) is 0 Å². The number of thiophene rings is 1. The molecule has 2 aliphatic rings. The Labute approximate surface area is 112 Å². The van der Waals surface area contributed by atoms with Crippen molar-refractivity contribution in [1.82, 2.24) is 5.32 Å². The minimum Gasteiger partial charge on any atom is -0.376 e. The van der Waals surface area contributed by atoms with Crippen LogP contribution in [0.5, 0.6) is 0 Å². The summed E-state index contributed by atoms with van der Waals surface area (Å²) >= 11 is 1.66. The molecule has 1 aromatic rings. The highest BCUT2D eigenvalue weighted by Gasteiger charge is 2.25. The van der Waals surface area contributed by atoms with E-state index < -0.39 is 0 Å². The molecular formula is C14H19NO2S. The van der Waals surface area contributed by atoms with E-state index in [0.717, 1.165) is 37.2 Å². The fraction of sp³-hybridized carbons (Fsp3) is 0.643. The number of hydrogen-bond donors (Lipinski definition) is 1. The number of ether oxygens (including phenoxy) is 1. The van der Waals surface area contributed by atoms with Gasteiger partial charge in [-0.3, -0.25) is 4.79 Å². The van der Waals surface area contributed by atoms with Crippen LogP contribution in [0.1, 0.15) is 46.3 Å². The molecule has 4 heteroatoms. The second-order valence-corrected chi connectivity index (χ2v) is 6.36. The van der Waals surface area contributed by atoms with Crippen LogP contribution in [0.25, 0.3) is 0 Å². The van der Waals surface area contributed by atoms with E-state index in [1.807, 2.05) is 6.92 Å². The van der Waals surface area contributed by atoms with E-state index in [9.17, 15) is 4.79 Å². The van der Waals surface area contributed by atoms with Gasteiger partial charge in [0, 0.05) is 11.5 Å². The molecule has 0 saturated carbocycles. The molecule has 18 heavy (non-hydrogen) atoms. The molecule has 1 N–H and O–H groups in total. The minimum absolute atomic E-state index is 0.0670. The van der Waals surface area contributed by atoms with Crippen molar-refractivity contribution in [3.63, 3.8) is 0 Å². The number of rotatable bonds is 3. The lowest BCUT2D eigenvalue weighted by atomic mass is 10.1. The average Bonchev–Trinajstić information content (AvgIpc) is 3.05. The lowest BCUT2D eigenvalue weighted by Crippen LogP contribution is -2.40. The van der Waals surface area contributed by atoms with Gasteiger partial charge in [0.25, 0.3) is 5.91 Å². The van der Waals surface area contributed by atoms with Gasteiger partial charge in [-0.1, -0.05) is 0 Å². The molecule has 0 radical (unpaired) electrons. The van der Waals surface area contributed by atoms with Crippen LogP contribution < -0.4 is 5.32 Å². The molecule has 0 bridgehead atoms. The number of hydrogen-bond acceptors (Lipinski definition) is 3. The highest BCUT2D eigenvalue weighted by Crippen LogP contribution is 2.30. The van der Waals surface area contributed by atoms with Crippen molar-refractivity contribution in [3.8, 4) is 0 Å². The van der Waals surface area contributed by atoms with Crippen LogP contribution in [-0.2, 0) is 17.6 Å². The average molecular weight is 265 g/mol. The Bertz CT molecular complexity index is 427. The summed E-state index contributed by atoms with van der Waals surface area (Å²) in [5, 5.41) is 3.07. The molecule has 1 saturated heterocycles.